The summed E-state index contributed by atoms with van der Waals surface area (Å²) in [5.74, 6) is 1.49. The Morgan fingerprint density at radius 2 is 2.04 bits per heavy atom. The van der Waals surface area contributed by atoms with Crippen molar-refractivity contribution in [2.45, 2.75) is 63.7 Å². The molecule has 3 aliphatic rings. The molecule has 0 bridgehead atoms. The molecular formula is C18H33N3O4S. The van der Waals surface area contributed by atoms with Crippen LogP contribution in [0.3, 0.4) is 0 Å². The van der Waals surface area contributed by atoms with Gasteiger partial charge in [0.15, 0.2) is 15.8 Å². The number of ether oxygens (including phenoxy) is 2. The van der Waals surface area contributed by atoms with Crippen molar-refractivity contribution in [3.63, 3.8) is 0 Å². The third kappa shape index (κ3) is 6.39. The summed E-state index contributed by atoms with van der Waals surface area (Å²) >= 11 is 0. The average molecular weight is 388 g/mol. The van der Waals surface area contributed by atoms with Crippen LogP contribution in [-0.2, 0) is 19.3 Å². The summed E-state index contributed by atoms with van der Waals surface area (Å²) in [6, 6.07) is 0.338. The molecule has 7 nitrogen and oxygen atoms in total. The zero-order valence-electron chi connectivity index (χ0n) is 15.8. The molecule has 150 valence electrons. The summed E-state index contributed by atoms with van der Waals surface area (Å²) in [4.78, 5) is 4.71. The van der Waals surface area contributed by atoms with Crippen LogP contribution in [0.1, 0.15) is 45.4 Å². The standard InChI is InChI=1S/C18H33N3O4S/c1-14-10-16(5-8-24-14)21-18(20-12-17-4-2-3-7-25-17)19-11-15-6-9-26(22,23)13-15/h14-17H,2-13H2,1H3,(H2,19,20,21). The second-order valence-electron chi connectivity index (χ2n) is 7.87. The fourth-order valence-electron chi connectivity index (χ4n) is 3.89. The van der Waals surface area contributed by atoms with Gasteiger partial charge in [0.1, 0.15) is 0 Å². The van der Waals surface area contributed by atoms with E-state index in [4.69, 9.17) is 14.5 Å². The van der Waals surface area contributed by atoms with Crippen molar-refractivity contribution >= 4 is 15.8 Å². The van der Waals surface area contributed by atoms with Crippen LogP contribution in [-0.4, -0.2) is 70.4 Å². The number of rotatable bonds is 5. The molecule has 0 aromatic rings. The highest BCUT2D eigenvalue weighted by Crippen LogP contribution is 2.19. The molecule has 3 heterocycles. The van der Waals surface area contributed by atoms with Crippen molar-refractivity contribution < 1.29 is 17.9 Å². The summed E-state index contributed by atoms with van der Waals surface area (Å²) < 4.78 is 34.7. The maximum atomic E-state index is 11.7. The highest BCUT2D eigenvalue weighted by atomic mass is 32.2. The van der Waals surface area contributed by atoms with E-state index in [1.165, 1.54) is 6.42 Å². The van der Waals surface area contributed by atoms with Crippen LogP contribution in [0, 0.1) is 5.92 Å². The van der Waals surface area contributed by atoms with Crippen LogP contribution in [0.4, 0.5) is 0 Å². The number of hydrogen-bond acceptors (Lipinski definition) is 5. The molecule has 3 aliphatic heterocycles. The van der Waals surface area contributed by atoms with Gasteiger partial charge in [-0.3, -0.25) is 4.99 Å². The van der Waals surface area contributed by atoms with Crippen LogP contribution in [0.2, 0.25) is 0 Å². The molecule has 3 saturated heterocycles. The van der Waals surface area contributed by atoms with E-state index in [2.05, 4.69) is 17.6 Å². The fourth-order valence-corrected chi connectivity index (χ4v) is 5.74. The third-order valence-electron chi connectivity index (χ3n) is 5.43. The number of hydrogen-bond donors (Lipinski definition) is 2. The molecule has 0 aromatic carbocycles. The molecule has 0 aromatic heterocycles. The molecule has 4 atom stereocenters. The highest BCUT2D eigenvalue weighted by Gasteiger charge is 2.28. The lowest BCUT2D eigenvalue weighted by Crippen LogP contribution is -2.49. The van der Waals surface area contributed by atoms with Crippen molar-refractivity contribution in [3.05, 3.63) is 0 Å². The van der Waals surface area contributed by atoms with Gasteiger partial charge in [-0.05, 0) is 51.4 Å². The average Bonchev–Trinajstić information content (AvgIpc) is 2.97. The van der Waals surface area contributed by atoms with Gasteiger partial charge in [-0.1, -0.05) is 0 Å². The first-order valence-electron chi connectivity index (χ1n) is 9.98. The van der Waals surface area contributed by atoms with Crippen LogP contribution in [0.5, 0.6) is 0 Å². The number of aliphatic imine (C=N–C) groups is 1. The summed E-state index contributed by atoms with van der Waals surface area (Å²) in [6.07, 6.45) is 6.56. The zero-order valence-corrected chi connectivity index (χ0v) is 16.6. The lowest BCUT2D eigenvalue weighted by Gasteiger charge is -2.30. The van der Waals surface area contributed by atoms with Gasteiger partial charge >= 0.3 is 0 Å². The number of nitrogens with one attached hydrogen (secondary N) is 2. The van der Waals surface area contributed by atoms with E-state index >= 15 is 0 Å². The van der Waals surface area contributed by atoms with Crippen molar-refractivity contribution in [2.24, 2.45) is 10.9 Å². The quantitative estimate of drug-likeness (QED) is 0.542. The van der Waals surface area contributed by atoms with Crippen LogP contribution in [0.25, 0.3) is 0 Å². The lowest BCUT2D eigenvalue weighted by atomic mass is 10.0. The highest BCUT2D eigenvalue weighted by molar-refractivity contribution is 7.91. The van der Waals surface area contributed by atoms with Crippen molar-refractivity contribution in [1.82, 2.24) is 10.6 Å². The van der Waals surface area contributed by atoms with E-state index in [9.17, 15) is 8.42 Å². The molecule has 0 amide bonds. The summed E-state index contributed by atoms with van der Waals surface area (Å²) in [5.41, 5.74) is 0. The van der Waals surface area contributed by atoms with Gasteiger partial charge in [-0.15, -0.1) is 0 Å². The Kier molecular flexibility index (Phi) is 7.17. The van der Waals surface area contributed by atoms with E-state index in [-0.39, 0.29) is 23.9 Å². The van der Waals surface area contributed by atoms with Crippen molar-refractivity contribution in [1.29, 1.82) is 0 Å². The number of nitrogens with zero attached hydrogens (tertiary/aromatic N) is 1. The topological polar surface area (TPSA) is 89.0 Å². The first-order chi connectivity index (χ1) is 12.5. The monoisotopic (exact) mass is 387 g/mol. The maximum Gasteiger partial charge on any atom is 0.191 e. The summed E-state index contributed by atoms with van der Waals surface area (Å²) in [6.45, 7) is 4.99. The predicted octanol–water partition coefficient (Wildman–Crippen LogP) is 1.09. The first-order valence-corrected chi connectivity index (χ1v) is 11.8. The fraction of sp³-hybridized carbons (Fsp3) is 0.944. The maximum absolute atomic E-state index is 11.7. The molecular weight excluding hydrogens is 354 g/mol. The van der Waals surface area contributed by atoms with E-state index in [0.717, 1.165) is 57.8 Å². The van der Waals surface area contributed by atoms with Gasteiger partial charge in [0.05, 0.1) is 23.7 Å². The smallest absolute Gasteiger partial charge is 0.191 e. The molecule has 0 aliphatic carbocycles. The molecule has 8 heteroatoms. The van der Waals surface area contributed by atoms with Crippen LogP contribution < -0.4 is 10.6 Å². The minimum absolute atomic E-state index is 0.137. The second-order valence-corrected chi connectivity index (χ2v) is 10.1. The van der Waals surface area contributed by atoms with Gasteiger partial charge in [0.25, 0.3) is 0 Å². The molecule has 2 N–H and O–H groups in total. The number of guanidine groups is 1. The van der Waals surface area contributed by atoms with Gasteiger partial charge in [0.2, 0.25) is 0 Å². The molecule has 3 rings (SSSR count). The van der Waals surface area contributed by atoms with E-state index in [1.54, 1.807) is 0 Å². The Balaban J connectivity index is 1.55. The SMILES string of the molecule is CC1CC(NC(=NCC2CCS(=O)(=O)C2)NCC2CCCCO2)CCO1. The second kappa shape index (κ2) is 9.37. The minimum Gasteiger partial charge on any atom is -0.378 e. The van der Waals surface area contributed by atoms with Crippen molar-refractivity contribution in [2.75, 3.05) is 37.8 Å². The third-order valence-corrected chi connectivity index (χ3v) is 7.27. The van der Waals surface area contributed by atoms with E-state index in [1.807, 2.05) is 0 Å². The predicted molar refractivity (Wildman–Crippen MR) is 102 cm³/mol. The van der Waals surface area contributed by atoms with Gasteiger partial charge in [-0.25, -0.2) is 8.42 Å². The lowest BCUT2D eigenvalue weighted by molar-refractivity contribution is 0.0150. The van der Waals surface area contributed by atoms with Crippen LogP contribution in [0.15, 0.2) is 4.99 Å². The Labute approximate surface area is 157 Å². The number of sulfone groups is 1. The molecule has 0 saturated carbocycles. The van der Waals surface area contributed by atoms with Crippen LogP contribution >= 0.6 is 0 Å². The Hall–Kier alpha value is -0.860. The molecule has 0 radical (unpaired) electrons. The minimum atomic E-state index is -2.85. The Bertz CT molecular complexity index is 575. The molecule has 3 fully saturated rings. The largest absolute Gasteiger partial charge is 0.378 e. The molecule has 4 unspecified atom stereocenters. The van der Waals surface area contributed by atoms with Crippen molar-refractivity contribution in [3.8, 4) is 0 Å². The van der Waals surface area contributed by atoms with Gasteiger partial charge in [-0.2, -0.15) is 0 Å². The normalized spacial score (nSPS) is 35.2. The van der Waals surface area contributed by atoms with Gasteiger partial charge in [0, 0.05) is 32.3 Å². The Morgan fingerprint density at radius 3 is 2.73 bits per heavy atom. The van der Waals surface area contributed by atoms with Gasteiger partial charge < -0.3 is 20.1 Å². The molecule has 0 spiro atoms. The van der Waals surface area contributed by atoms with E-state index in [0.29, 0.717) is 18.3 Å². The zero-order chi connectivity index (χ0) is 18.4. The van der Waals surface area contributed by atoms with E-state index < -0.39 is 9.84 Å². The first kappa shape index (κ1) is 19.9. The Morgan fingerprint density at radius 1 is 1.15 bits per heavy atom. The summed E-state index contributed by atoms with van der Waals surface area (Å²) in [7, 11) is -2.85. The molecule has 26 heavy (non-hydrogen) atoms. The summed E-state index contributed by atoms with van der Waals surface area (Å²) in [5, 5.41) is 6.94.